The molecule has 112 valence electrons. The van der Waals surface area contributed by atoms with Gasteiger partial charge >= 0.3 is 6.03 Å². The summed E-state index contributed by atoms with van der Waals surface area (Å²) < 4.78 is 0. The van der Waals surface area contributed by atoms with Crippen LogP contribution < -0.4 is 10.6 Å². The van der Waals surface area contributed by atoms with E-state index in [9.17, 15) is 4.79 Å². The Morgan fingerprint density at radius 2 is 2.05 bits per heavy atom. The van der Waals surface area contributed by atoms with Crippen molar-refractivity contribution in [1.82, 2.24) is 20.5 Å². The van der Waals surface area contributed by atoms with Crippen molar-refractivity contribution in [3.8, 4) is 0 Å². The number of hydrogen-bond donors (Lipinski definition) is 2. The Bertz CT molecular complexity index is 379. The van der Waals surface area contributed by atoms with E-state index in [1.54, 1.807) is 6.20 Å². The quantitative estimate of drug-likeness (QED) is 0.760. The molecule has 1 aromatic heterocycles. The molecule has 0 fully saturated rings. The Labute approximate surface area is 121 Å². The number of aromatic nitrogens is 1. The molecule has 0 radical (unpaired) electrons. The predicted octanol–water partition coefficient (Wildman–Crippen LogP) is 1.65. The van der Waals surface area contributed by atoms with Gasteiger partial charge in [0.1, 0.15) is 0 Å². The van der Waals surface area contributed by atoms with Crippen molar-refractivity contribution in [2.24, 2.45) is 0 Å². The number of carbonyl (C=O) groups excluding carboxylic acids is 1. The first-order valence-corrected chi connectivity index (χ1v) is 7.33. The summed E-state index contributed by atoms with van der Waals surface area (Å²) in [5.41, 5.74) is 0.990. The van der Waals surface area contributed by atoms with Gasteiger partial charge in [-0.15, -0.1) is 0 Å². The van der Waals surface area contributed by atoms with E-state index in [0.717, 1.165) is 25.2 Å². The van der Waals surface area contributed by atoms with E-state index in [1.807, 2.05) is 18.2 Å². The molecule has 1 rings (SSSR count). The van der Waals surface area contributed by atoms with Crippen LogP contribution in [0.1, 0.15) is 26.5 Å². The first-order valence-electron chi connectivity index (χ1n) is 7.33. The molecule has 0 spiro atoms. The van der Waals surface area contributed by atoms with Crippen LogP contribution in [0, 0.1) is 0 Å². The number of amides is 2. The normalized spacial score (nSPS) is 12.2. The molecule has 2 N–H and O–H groups in total. The number of nitrogens with zero attached hydrogens (tertiary/aromatic N) is 2. The van der Waals surface area contributed by atoms with Gasteiger partial charge in [-0.3, -0.25) is 9.88 Å². The first-order chi connectivity index (χ1) is 9.67. The molecule has 0 aliphatic carbocycles. The molecular weight excluding hydrogens is 252 g/mol. The van der Waals surface area contributed by atoms with Crippen LogP contribution in [0.3, 0.4) is 0 Å². The number of rotatable bonds is 8. The van der Waals surface area contributed by atoms with Gasteiger partial charge in [-0.05, 0) is 32.1 Å². The van der Waals surface area contributed by atoms with Gasteiger partial charge in [0.25, 0.3) is 0 Å². The number of urea groups is 1. The maximum atomic E-state index is 11.7. The van der Waals surface area contributed by atoms with Crippen LogP contribution >= 0.6 is 0 Å². The van der Waals surface area contributed by atoms with Crippen molar-refractivity contribution in [3.63, 3.8) is 0 Å². The summed E-state index contributed by atoms with van der Waals surface area (Å²) in [4.78, 5) is 18.2. The maximum Gasteiger partial charge on any atom is 0.314 e. The number of nitrogens with one attached hydrogen (secondary N) is 2. The molecule has 1 atom stereocenters. The third-order valence-corrected chi connectivity index (χ3v) is 3.39. The van der Waals surface area contributed by atoms with E-state index < -0.39 is 0 Å². The van der Waals surface area contributed by atoms with E-state index in [1.165, 1.54) is 0 Å². The van der Waals surface area contributed by atoms with Crippen molar-refractivity contribution in [2.75, 3.05) is 26.2 Å². The first kappa shape index (κ1) is 16.4. The Morgan fingerprint density at radius 3 is 2.65 bits per heavy atom. The van der Waals surface area contributed by atoms with Crippen LogP contribution in [0.5, 0.6) is 0 Å². The lowest BCUT2D eigenvalue weighted by Gasteiger charge is -2.26. The summed E-state index contributed by atoms with van der Waals surface area (Å²) in [5, 5.41) is 5.76. The van der Waals surface area contributed by atoms with E-state index in [0.29, 0.717) is 19.1 Å². The molecule has 0 unspecified atom stereocenters. The number of hydrogen-bond acceptors (Lipinski definition) is 3. The van der Waals surface area contributed by atoms with Gasteiger partial charge in [0.2, 0.25) is 0 Å². The van der Waals surface area contributed by atoms with Gasteiger partial charge in [0.15, 0.2) is 0 Å². The van der Waals surface area contributed by atoms with Gasteiger partial charge < -0.3 is 10.6 Å². The number of pyridine rings is 1. The molecule has 1 heterocycles. The van der Waals surface area contributed by atoms with Crippen LogP contribution in [0.25, 0.3) is 0 Å². The molecular formula is C15H26N4O. The minimum Gasteiger partial charge on any atom is -0.338 e. The van der Waals surface area contributed by atoms with Gasteiger partial charge in [0.05, 0.1) is 0 Å². The van der Waals surface area contributed by atoms with E-state index in [2.05, 4.69) is 41.3 Å². The summed E-state index contributed by atoms with van der Waals surface area (Å²) >= 11 is 0. The van der Waals surface area contributed by atoms with Crippen LogP contribution in [0.15, 0.2) is 24.4 Å². The fraction of sp³-hybridized carbons (Fsp3) is 0.600. The average molecular weight is 278 g/mol. The standard InChI is InChI=1S/C15H26N4O/c1-4-19(5-2)13(3)12-18-15(20)17-11-9-14-8-6-7-10-16-14/h6-8,10,13H,4-5,9,11-12H2,1-3H3,(H2,17,18,20)/t13-/m1/s1. The molecule has 5 nitrogen and oxygen atoms in total. The zero-order valence-electron chi connectivity index (χ0n) is 12.7. The summed E-state index contributed by atoms with van der Waals surface area (Å²) in [7, 11) is 0. The van der Waals surface area contributed by atoms with E-state index in [-0.39, 0.29) is 6.03 Å². The third kappa shape index (κ3) is 6.02. The van der Waals surface area contributed by atoms with Crippen molar-refractivity contribution < 1.29 is 4.79 Å². The highest BCUT2D eigenvalue weighted by Gasteiger charge is 2.10. The fourth-order valence-corrected chi connectivity index (χ4v) is 2.13. The largest absolute Gasteiger partial charge is 0.338 e. The van der Waals surface area contributed by atoms with Crippen molar-refractivity contribution >= 4 is 6.03 Å². The van der Waals surface area contributed by atoms with Crippen LogP contribution in [0.4, 0.5) is 4.79 Å². The lowest BCUT2D eigenvalue weighted by Crippen LogP contribution is -2.45. The summed E-state index contributed by atoms with van der Waals surface area (Å²) in [5.74, 6) is 0. The van der Waals surface area contributed by atoms with Crippen LogP contribution in [0.2, 0.25) is 0 Å². The van der Waals surface area contributed by atoms with Crippen LogP contribution in [-0.4, -0.2) is 48.1 Å². The van der Waals surface area contributed by atoms with Crippen molar-refractivity contribution in [2.45, 2.75) is 33.2 Å². The Hall–Kier alpha value is -1.62. The SMILES string of the molecule is CCN(CC)[C@H](C)CNC(=O)NCCc1ccccn1. The molecule has 1 aromatic rings. The zero-order chi connectivity index (χ0) is 14.8. The number of carbonyl (C=O) groups is 1. The Balaban J connectivity index is 2.17. The molecule has 0 saturated carbocycles. The smallest absolute Gasteiger partial charge is 0.314 e. The Morgan fingerprint density at radius 1 is 1.30 bits per heavy atom. The monoisotopic (exact) mass is 278 g/mol. The van der Waals surface area contributed by atoms with Gasteiger partial charge in [-0.2, -0.15) is 0 Å². The highest BCUT2D eigenvalue weighted by atomic mass is 16.2. The average Bonchev–Trinajstić information content (AvgIpc) is 2.47. The fourth-order valence-electron chi connectivity index (χ4n) is 2.13. The lowest BCUT2D eigenvalue weighted by molar-refractivity contribution is 0.215. The topological polar surface area (TPSA) is 57.3 Å². The molecule has 0 aliphatic rings. The summed E-state index contributed by atoms with van der Waals surface area (Å²) in [6, 6.07) is 6.04. The third-order valence-electron chi connectivity index (χ3n) is 3.39. The zero-order valence-corrected chi connectivity index (χ0v) is 12.7. The molecule has 0 aromatic carbocycles. The lowest BCUT2D eigenvalue weighted by atomic mass is 10.2. The van der Waals surface area contributed by atoms with Gasteiger partial charge in [0, 0.05) is 37.4 Å². The van der Waals surface area contributed by atoms with Gasteiger partial charge in [-0.25, -0.2) is 4.79 Å². The second-order valence-electron chi connectivity index (χ2n) is 4.78. The summed E-state index contributed by atoms with van der Waals surface area (Å²) in [6.07, 6.45) is 2.51. The maximum absolute atomic E-state index is 11.7. The second kappa shape index (κ2) is 9.31. The molecule has 2 amide bonds. The minimum atomic E-state index is -0.111. The molecule has 0 saturated heterocycles. The molecule has 0 bridgehead atoms. The number of likely N-dealkylation sites (N-methyl/N-ethyl adjacent to an activating group) is 1. The van der Waals surface area contributed by atoms with Crippen molar-refractivity contribution in [3.05, 3.63) is 30.1 Å². The van der Waals surface area contributed by atoms with E-state index in [4.69, 9.17) is 0 Å². The molecule has 5 heteroatoms. The van der Waals surface area contributed by atoms with E-state index >= 15 is 0 Å². The minimum absolute atomic E-state index is 0.111. The predicted molar refractivity (Wildman–Crippen MR) is 81.7 cm³/mol. The van der Waals surface area contributed by atoms with Crippen molar-refractivity contribution in [1.29, 1.82) is 0 Å². The Kier molecular flexibility index (Phi) is 7.65. The highest BCUT2D eigenvalue weighted by molar-refractivity contribution is 5.73. The molecule has 20 heavy (non-hydrogen) atoms. The van der Waals surface area contributed by atoms with Gasteiger partial charge in [-0.1, -0.05) is 19.9 Å². The highest BCUT2D eigenvalue weighted by Crippen LogP contribution is 1.96. The summed E-state index contributed by atoms with van der Waals surface area (Å²) in [6.45, 7) is 9.65. The van der Waals surface area contributed by atoms with Crippen LogP contribution in [-0.2, 0) is 6.42 Å². The molecule has 0 aliphatic heterocycles. The second-order valence-corrected chi connectivity index (χ2v) is 4.78.